The van der Waals surface area contributed by atoms with E-state index in [1.807, 2.05) is 13.0 Å². The van der Waals surface area contributed by atoms with Crippen LogP contribution in [0.15, 0.2) is 18.3 Å². The van der Waals surface area contributed by atoms with E-state index in [1.165, 1.54) is 0 Å². The Labute approximate surface area is 107 Å². The molecule has 1 unspecified atom stereocenters. The SMILES string of the molecule is CC1CS(=O)(=O)CCN1Cc1cc(Cl)ccn1. The van der Waals surface area contributed by atoms with Crippen molar-refractivity contribution in [1.82, 2.24) is 9.88 Å². The molecule has 1 atom stereocenters. The van der Waals surface area contributed by atoms with Crippen LogP contribution >= 0.6 is 11.6 Å². The van der Waals surface area contributed by atoms with Gasteiger partial charge < -0.3 is 0 Å². The van der Waals surface area contributed by atoms with Gasteiger partial charge in [-0.3, -0.25) is 9.88 Å². The minimum Gasteiger partial charge on any atom is -0.293 e. The molecule has 1 aromatic heterocycles. The first-order valence-electron chi connectivity index (χ1n) is 5.51. The highest BCUT2D eigenvalue weighted by molar-refractivity contribution is 7.91. The van der Waals surface area contributed by atoms with Crippen LogP contribution in [-0.4, -0.2) is 42.4 Å². The number of halogens is 1. The van der Waals surface area contributed by atoms with Crippen LogP contribution < -0.4 is 0 Å². The van der Waals surface area contributed by atoms with Crippen molar-refractivity contribution in [3.63, 3.8) is 0 Å². The highest BCUT2D eigenvalue weighted by atomic mass is 35.5. The van der Waals surface area contributed by atoms with Gasteiger partial charge in [-0.25, -0.2) is 8.42 Å². The summed E-state index contributed by atoms with van der Waals surface area (Å²) in [5, 5.41) is 0.660. The Morgan fingerprint density at radius 3 is 3.00 bits per heavy atom. The van der Waals surface area contributed by atoms with Crippen LogP contribution in [0.1, 0.15) is 12.6 Å². The molecule has 1 aliphatic heterocycles. The maximum Gasteiger partial charge on any atom is 0.153 e. The third-order valence-corrected chi connectivity index (χ3v) is 4.98. The van der Waals surface area contributed by atoms with Crippen molar-refractivity contribution in [2.24, 2.45) is 0 Å². The molecule has 4 nitrogen and oxygen atoms in total. The molecule has 1 fully saturated rings. The summed E-state index contributed by atoms with van der Waals surface area (Å²) in [5.41, 5.74) is 0.878. The largest absolute Gasteiger partial charge is 0.293 e. The van der Waals surface area contributed by atoms with Crippen LogP contribution in [-0.2, 0) is 16.4 Å². The van der Waals surface area contributed by atoms with Crippen LogP contribution in [0.5, 0.6) is 0 Å². The number of rotatable bonds is 2. The summed E-state index contributed by atoms with van der Waals surface area (Å²) >= 11 is 5.89. The van der Waals surface area contributed by atoms with E-state index in [1.54, 1.807) is 12.3 Å². The van der Waals surface area contributed by atoms with E-state index in [0.717, 1.165) is 5.69 Å². The summed E-state index contributed by atoms with van der Waals surface area (Å²) in [6, 6.07) is 3.58. The molecule has 0 aromatic carbocycles. The average Bonchev–Trinajstić information content (AvgIpc) is 2.22. The Balaban J connectivity index is 2.05. The van der Waals surface area contributed by atoms with Gasteiger partial charge in [-0.15, -0.1) is 0 Å². The zero-order chi connectivity index (χ0) is 12.5. The lowest BCUT2D eigenvalue weighted by Crippen LogP contribution is -2.46. The van der Waals surface area contributed by atoms with E-state index in [-0.39, 0.29) is 17.5 Å². The molecule has 1 aliphatic rings. The summed E-state index contributed by atoms with van der Waals surface area (Å²) in [4.78, 5) is 6.35. The van der Waals surface area contributed by atoms with Gasteiger partial charge in [0.05, 0.1) is 17.2 Å². The number of nitrogens with zero attached hydrogens (tertiary/aromatic N) is 2. The van der Waals surface area contributed by atoms with Crippen LogP contribution in [0, 0.1) is 0 Å². The van der Waals surface area contributed by atoms with E-state index in [0.29, 0.717) is 18.1 Å². The van der Waals surface area contributed by atoms with Crippen LogP contribution in [0.2, 0.25) is 5.02 Å². The third-order valence-electron chi connectivity index (χ3n) is 2.95. The van der Waals surface area contributed by atoms with Crippen molar-refractivity contribution in [2.75, 3.05) is 18.1 Å². The van der Waals surface area contributed by atoms with E-state index < -0.39 is 9.84 Å². The molecule has 1 aromatic rings. The molecular weight excluding hydrogens is 260 g/mol. The first-order chi connectivity index (χ1) is 7.96. The molecule has 6 heteroatoms. The minimum atomic E-state index is -2.85. The van der Waals surface area contributed by atoms with Gasteiger partial charge >= 0.3 is 0 Å². The number of sulfone groups is 1. The van der Waals surface area contributed by atoms with Gasteiger partial charge in [0, 0.05) is 30.4 Å². The molecule has 94 valence electrons. The molecular formula is C11H15ClN2O2S. The summed E-state index contributed by atoms with van der Waals surface area (Å²) < 4.78 is 22.9. The molecule has 0 spiro atoms. The molecule has 0 radical (unpaired) electrons. The number of pyridine rings is 1. The fourth-order valence-corrected chi connectivity index (χ4v) is 3.82. The normalized spacial score (nSPS) is 24.7. The molecule has 0 saturated carbocycles. The van der Waals surface area contributed by atoms with Crippen LogP contribution in [0.4, 0.5) is 0 Å². The lowest BCUT2D eigenvalue weighted by Gasteiger charge is -2.32. The fraction of sp³-hybridized carbons (Fsp3) is 0.545. The predicted molar refractivity (Wildman–Crippen MR) is 67.8 cm³/mol. The molecule has 2 rings (SSSR count). The zero-order valence-corrected chi connectivity index (χ0v) is 11.2. The smallest absolute Gasteiger partial charge is 0.153 e. The number of hydrogen-bond acceptors (Lipinski definition) is 4. The van der Waals surface area contributed by atoms with Gasteiger partial charge in [0.2, 0.25) is 0 Å². The van der Waals surface area contributed by atoms with E-state index >= 15 is 0 Å². The Morgan fingerprint density at radius 1 is 1.59 bits per heavy atom. The van der Waals surface area contributed by atoms with E-state index in [2.05, 4.69) is 9.88 Å². The lowest BCUT2D eigenvalue weighted by molar-refractivity contribution is 0.215. The van der Waals surface area contributed by atoms with Gasteiger partial charge in [-0.1, -0.05) is 11.6 Å². The molecule has 0 N–H and O–H groups in total. The number of hydrogen-bond donors (Lipinski definition) is 0. The highest BCUT2D eigenvalue weighted by Gasteiger charge is 2.28. The maximum atomic E-state index is 11.4. The van der Waals surface area contributed by atoms with Gasteiger partial charge in [-0.05, 0) is 19.1 Å². The average molecular weight is 275 g/mol. The van der Waals surface area contributed by atoms with Crippen LogP contribution in [0.3, 0.4) is 0 Å². The quantitative estimate of drug-likeness (QED) is 0.817. The topological polar surface area (TPSA) is 50.3 Å². The van der Waals surface area contributed by atoms with Gasteiger partial charge in [-0.2, -0.15) is 0 Å². The second-order valence-corrected chi connectivity index (χ2v) is 7.06. The molecule has 2 heterocycles. The molecule has 0 bridgehead atoms. The van der Waals surface area contributed by atoms with Crippen LogP contribution in [0.25, 0.3) is 0 Å². The van der Waals surface area contributed by atoms with Gasteiger partial charge in [0.25, 0.3) is 0 Å². The summed E-state index contributed by atoms with van der Waals surface area (Å²) in [6.07, 6.45) is 1.67. The van der Waals surface area contributed by atoms with E-state index in [9.17, 15) is 8.42 Å². The molecule has 0 aliphatic carbocycles. The van der Waals surface area contributed by atoms with Crippen molar-refractivity contribution >= 4 is 21.4 Å². The number of aromatic nitrogens is 1. The Morgan fingerprint density at radius 2 is 2.35 bits per heavy atom. The molecule has 0 amide bonds. The summed E-state index contributed by atoms with van der Waals surface area (Å²) in [6.45, 7) is 3.15. The Kier molecular flexibility index (Phi) is 3.70. The van der Waals surface area contributed by atoms with E-state index in [4.69, 9.17) is 11.6 Å². The fourth-order valence-electron chi connectivity index (χ4n) is 2.01. The summed E-state index contributed by atoms with van der Waals surface area (Å²) in [7, 11) is -2.85. The standard InChI is InChI=1S/C11H15ClN2O2S/c1-9-8-17(15,16)5-4-14(9)7-11-6-10(12)2-3-13-11/h2-3,6,9H,4-5,7-8H2,1H3. The second kappa shape index (κ2) is 4.92. The maximum absolute atomic E-state index is 11.4. The van der Waals surface area contributed by atoms with Crippen molar-refractivity contribution in [1.29, 1.82) is 0 Å². The highest BCUT2D eigenvalue weighted by Crippen LogP contribution is 2.16. The van der Waals surface area contributed by atoms with Crippen molar-refractivity contribution in [2.45, 2.75) is 19.5 Å². The first-order valence-corrected chi connectivity index (χ1v) is 7.71. The summed E-state index contributed by atoms with van der Waals surface area (Å²) in [5.74, 6) is 0.464. The molecule has 17 heavy (non-hydrogen) atoms. The van der Waals surface area contributed by atoms with Gasteiger partial charge in [0.1, 0.15) is 0 Å². The van der Waals surface area contributed by atoms with Crippen molar-refractivity contribution in [3.8, 4) is 0 Å². The Hall–Kier alpha value is -0.650. The Bertz CT molecular complexity index is 504. The first kappa shape index (κ1) is 12.8. The monoisotopic (exact) mass is 274 g/mol. The van der Waals surface area contributed by atoms with Gasteiger partial charge in [0.15, 0.2) is 9.84 Å². The second-order valence-electron chi connectivity index (χ2n) is 4.40. The molecule has 1 saturated heterocycles. The van der Waals surface area contributed by atoms with Crippen molar-refractivity contribution in [3.05, 3.63) is 29.0 Å². The third kappa shape index (κ3) is 3.40. The zero-order valence-electron chi connectivity index (χ0n) is 9.63. The minimum absolute atomic E-state index is 0.0366. The van der Waals surface area contributed by atoms with Crippen molar-refractivity contribution < 1.29 is 8.42 Å². The predicted octanol–water partition coefficient (Wildman–Crippen LogP) is 1.35. The lowest BCUT2D eigenvalue weighted by atomic mass is 10.2.